The summed E-state index contributed by atoms with van der Waals surface area (Å²) in [6.07, 6.45) is 1.69. The summed E-state index contributed by atoms with van der Waals surface area (Å²) in [4.78, 5) is 16.2. The van der Waals surface area contributed by atoms with Crippen LogP contribution in [0.5, 0.6) is 0 Å². The van der Waals surface area contributed by atoms with Gasteiger partial charge in [-0.15, -0.1) is 5.10 Å². The van der Waals surface area contributed by atoms with Crippen LogP contribution in [0, 0.1) is 0 Å². The predicted molar refractivity (Wildman–Crippen MR) is 73.9 cm³/mol. The van der Waals surface area contributed by atoms with Crippen molar-refractivity contribution in [3.05, 3.63) is 22.3 Å². The van der Waals surface area contributed by atoms with Crippen LogP contribution in [0.4, 0.5) is 5.95 Å². The number of pyridine rings is 1. The average Bonchev–Trinajstić information content (AvgIpc) is 2.68. The first-order valence-electron chi connectivity index (χ1n) is 5.62. The molecule has 19 heavy (non-hydrogen) atoms. The summed E-state index contributed by atoms with van der Waals surface area (Å²) in [6.45, 7) is 2.29. The number of nitrogens with one attached hydrogen (secondary N) is 1. The van der Waals surface area contributed by atoms with E-state index < -0.39 is 0 Å². The van der Waals surface area contributed by atoms with E-state index in [-0.39, 0.29) is 17.9 Å². The third kappa shape index (κ3) is 3.02. The number of nitrogen functional groups attached to an aromatic ring is 1. The maximum absolute atomic E-state index is 12.2. The Bertz CT molecular complexity index is 612. The standard InChI is InChI=1S/C11H14BrN5O2/c1-6(5-19-2)14-10(18)8-3-7(12)4-17-9(8)15-11(13)16-17/h3-4,6H,5H2,1-2H3,(H2,13,16)(H,14,18). The number of halogens is 1. The lowest BCUT2D eigenvalue weighted by Gasteiger charge is -2.13. The summed E-state index contributed by atoms with van der Waals surface area (Å²) in [5, 5.41) is 6.80. The molecular formula is C11H14BrN5O2. The van der Waals surface area contributed by atoms with Crippen LogP contribution in [0.2, 0.25) is 0 Å². The number of ether oxygens (including phenoxy) is 1. The normalized spacial score (nSPS) is 12.6. The Kier molecular flexibility index (Phi) is 4.01. The number of nitrogens with zero attached hydrogens (tertiary/aromatic N) is 3. The molecule has 0 aliphatic rings. The van der Waals surface area contributed by atoms with E-state index in [4.69, 9.17) is 10.5 Å². The zero-order chi connectivity index (χ0) is 14.0. The molecule has 8 heteroatoms. The Morgan fingerprint density at radius 1 is 1.68 bits per heavy atom. The van der Waals surface area contributed by atoms with E-state index in [1.807, 2.05) is 6.92 Å². The zero-order valence-corrected chi connectivity index (χ0v) is 12.1. The molecule has 102 valence electrons. The Hall–Kier alpha value is -1.67. The number of aromatic nitrogens is 3. The summed E-state index contributed by atoms with van der Waals surface area (Å²) < 4.78 is 7.16. The minimum absolute atomic E-state index is 0.100. The largest absolute Gasteiger partial charge is 0.383 e. The van der Waals surface area contributed by atoms with Crippen molar-refractivity contribution in [3.63, 3.8) is 0 Å². The highest BCUT2D eigenvalue weighted by Gasteiger charge is 2.16. The van der Waals surface area contributed by atoms with E-state index in [1.165, 1.54) is 4.52 Å². The first-order valence-corrected chi connectivity index (χ1v) is 6.41. The molecule has 7 nitrogen and oxygen atoms in total. The molecule has 2 aromatic rings. The maximum atomic E-state index is 12.2. The number of amides is 1. The molecule has 0 spiro atoms. The van der Waals surface area contributed by atoms with Crippen molar-refractivity contribution in [3.8, 4) is 0 Å². The van der Waals surface area contributed by atoms with Crippen LogP contribution in [0.3, 0.4) is 0 Å². The van der Waals surface area contributed by atoms with Gasteiger partial charge in [-0.25, -0.2) is 4.52 Å². The molecule has 0 radical (unpaired) electrons. The van der Waals surface area contributed by atoms with Gasteiger partial charge in [-0.05, 0) is 28.9 Å². The Morgan fingerprint density at radius 3 is 3.11 bits per heavy atom. The van der Waals surface area contributed by atoms with Crippen LogP contribution >= 0.6 is 15.9 Å². The van der Waals surface area contributed by atoms with Crippen molar-refractivity contribution in [1.29, 1.82) is 0 Å². The first kappa shape index (κ1) is 13.8. The van der Waals surface area contributed by atoms with E-state index in [2.05, 4.69) is 31.3 Å². The van der Waals surface area contributed by atoms with Crippen molar-refractivity contribution in [1.82, 2.24) is 19.9 Å². The Balaban J connectivity index is 2.35. The summed E-state index contributed by atoms with van der Waals surface area (Å²) in [7, 11) is 1.58. The number of nitrogens with two attached hydrogens (primary N) is 1. The minimum Gasteiger partial charge on any atom is -0.383 e. The third-order valence-corrected chi connectivity index (χ3v) is 2.89. The van der Waals surface area contributed by atoms with E-state index >= 15 is 0 Å². The molecule has 3 N–H and O–H groups in total. The van der Waals surface area contributed by atoms with Gasteiger partial charge < -0.3 is 15.8 Å². The van der Waals surface area contributed by atoms with Gasteiger partial charge in [-0.3, -0.25) is 4.79 Å². The van der Waals surface area contributed by atoms with Crippen LogP contribution in [-0.2, 0) is 4.74 Å². The van der Waals surface area contributed by atoms with Gasteiger partial charge in [0.25, 0.3) is 5.91 Å². The number of anilines is 1. The maximum Gasteiger partial charge on any atom is 0.255 e. The third-order valence-electron chi connectivity index (χ3n) is 2.46. The molecule has 0 saturated heterocycles. The molecule has 1 unspecified atom stereocenters. The molecule has 2 rings (SSSR count). The Morgan fingerprint density at radius 2 is 2.42 bits per heavy atom. The molecule has 2 heterocycles. The molecule has 2 aromatic heterocycles. The minimum atomic E-state index is -0.247. The first-order chi connectivity index (χ1) is 9.01. The van der Waals surface area contributed by atoms with Crippen LogP contribution < -0.4 is 11.1 Å². The van der Waals surface area contributed by atoms with Gasteiger partial charge >= 0.3 is 0 Å². The van der Waals surface area contributed by atoms with Crippen molar-refractivity contribution >= 4 is 33.4 Å². The summed E-state index contributed by atoms with van der Waals surface area (Å²) in [5.74, 6) is -0.125. The number of carbonyl (C=O) groups is 1. The van der Waals surface area contributed by atoms with Gasteiger partial charge in [0.05, 0.1) is 12.2 Å². The van der Waals surface area contributed by atoms with Crippen molar-refractivity contribution in [2.45, 2.75) is 13.0 Å². The fraction of sp³-hybridized carbons (Fsp3) is 0.364. The fourth-order valence-electron chi connectivity index (χ4n) is 1.73. The summed E-state index contributed by atoms with van der Waals surface area (Å²) in [5.41, 5.74) is 6.37. The lowest BCUT2D eigenvalue weighted by Crippen LogP contribution is -2.35. The molecule has 0 aromatic carbocycles. The quantitative estimate of drug-likeness (QED) is 0.867. The van der Waals surface area contributed by atoms with E-state index in [1.54, 1.807) is 19.4 Å². The second kappa shape index (κ2) is 5.54. The second-order valence-electron chi connectivity index (χ2n) is 4.14. The number of hydrogen-bond acceptors (Lipinski definition) is 5. The SMILES string of the molecule is COCC(C)NC(=O)c1cc(Br)cn2nc(N)nc12. The summed E-state index contributed by atoms with van der Waals surface area (Å²) >= 11 is 3.32. The van der Waals surface area contributed by atoms with Crippen molar-refractivity contribution < 1.29 is 9.53 Å². The molecule has 0 aliphatic heterocycles. The molecule has 0 bridgehead atoms. The predicted octanol–water partition coefficient (Wildman–Crippen LogP) is 0.839. The molecule has 0 aliphatic carbocycles. The molecule has 1 atom stereocenters. The molecule has 0 fully saturated rings. The highest BCUT2D eigenvalue weighted by molar-refractivity contribution is 9.10. The smallest absolute Gasteiger partial charge is 0.255 e. The highest BCUT2D eigenvalue weighted by atomic mass is 79.9. The monoisotopic (exact) mass is 327 g/mol. The molecule has 0 saturated carbocycles. The lowest BCUT2D eigenvalue weighted by molar-refractivity contribution is 0.0906. The fourth-order valence-corrected chi connectivity index (χ4v) is 2.15. The number of rotatable bonds is 4. The van der Waals surface area contributed by atoms with Crippen LogP contribution in [0.15, 0.2) is 16.7 Å². The van der Waals surface area contributed by atoms with Crippen LogP contribution in [0.1, 0.15) is 17.3 Å². The average molecular weight is 328 g/mol. The van der Waals surface area contributed by atoms with Gasteiger partial charge in [0, 0.05) is 23.8 Å². The van der Waals surface area contributed by atoms with Crippen molar-refractivity contribution in [2.24, 2.45) is 0 Å². The van der Waals surface area contributed by atoms with Crippen molar-refractivity contribution in [2.75, 3.05) is 19.5 Å². The van der Waals surface area contributed by atoms with Gasteiger partial charge in [0.1, 0.15) is 0 Å². The molecule has 1 amide bonds. The number of carbonyl (C=O) groups excluding carboxylic acids is 1. The second-order valence-corrected chi connectivity index (χ2v) is 5.06. The van der Waals surface area contributed by atoms with E-state index in [9.17, 15) is 4.79 Å². The summed E-state index contributed by atoms with van der Waals surface area (Å²) in [6, 6.07) is 1.58. The zero-order valence-electron chi connectivity index (χ0n) is 10.6. The van der Waals surface area contributed by atoms with Crippen LogP contribution in [0.25, 0.3) is 5.65 Å². The topological polar surface area (TPSA) is 94.5 Å². The highest BCUT2D eigenvalue weighted by Crippen LogP contribution is 2.17. The van der Waals surface area contributed by atoms with Gasteiger partial charge in [0.15, 0.2) is 5.65 Å². The lowest BCUT2D eigenvalue weighted by atomic mass is 10.2. The Labute approximate surface area is 118 Å². The number of methoxy groups -OCH3 is 1. The van der Waals surface area contributed by atoms with E-state index in [0.29, 0.717) is 17.8 Å². The number of fused-ring (bicyclic) bond motifs is 1. The van der Waals surface area contributed by atoms with Gasteiger partial charge in [0.2, 0.25) is 5.95 Å². The van der Waals surface area contributed by atoms with Gasteiger partial charge in [-0.2, -0.15) is 4.98 Å². The molecular weight excluding hydrogens is 314 g/mol. The van der Waals surface area contributed by atoms with Gasteiger partial charge in [-0.1, -0.05) is 0 Å². The van der Waals surface area contributed by atoms with E-state index in [0.717, 1.165) is 4.47 Å². The van der Waals surface area contributed by atoms with Crippen LogP contribution in [-0.4, -0.2) is 40.3 Å². The number of hydrogen-bond donors (Lipinski definition) is 2.